The summed E-state index contributed by atoms with van der Waals surface area (Å²) in [5.41, 5.74) is 0. The van der Waals surface area contributed by atoms with Gasteiger partial charge < -0.3 is 24.9 Å². The second-order valence-corrected chi connectivity index (χ2v) is 4.48. The van der Waals surface area contributed by atoms with E-state index in [-0.39, 0.29) is 25.5 Å². The van der Waals surface area contributed by atoms with Crippen LogP contribution in [0, 0.1) is 0 Å². The summed E-state index contributed by atoms with van der Waals surface area (Å²) in [6, 6.07) is 3.07. The lowest BCUT2D eigenvalue weighted by atomic mass is 10.3. The number of methoxy groups -OCH3 is 1. The van der Waals surface area contributed by atoms with Crippen LogP contribution in [0.15, 0.2) is 21.2 Å². The van der Waals surface area contributed by atoms with Gasteiger partial charge in [0, 0.05) is 13.7 Å². The SMILES string of the molecule is COCC(O)CNC(=O)CNC(=O)c1ccc(Br)o1. The minimum Gasteiger partial charge on any atom is -0.444 e. The van der Waals surface area contributed by atoms with E-state index in [0.29, 0.717) is 4.67 Å². The molecule has 3 N–H and O–H groups in total. The smallest absolute Gasteiger partial charge is 0.287 e. The largest absolute Gasteiger partial charge is 0.444 e. The molecule has 0 saturated heterocycles. The van der Waals surface area contributed by atoms with Gasteiger partial charge in [0.1, 0.15) is 0 Å². The Morgan fingerprint density at radius 3 is 2.79 bits per heavy atom. The number of amides is 2. The van der Waals surface area contributed by atoms with Crippen molar-refractivity contribution in [2.75, 3.05) is 26.8 Å². The molecule has 0 fully saturated rings. The number of furan rings is 1. The van der Waals surface area contributed by atoms with Crippen molar-refractivity contribution in [2.45, 2.75) is 6.10 Å². The Labute approximate surface area is 118 Å². The van der Waals surface area contributed by atoms with Crippen LogP contribution >= 0.6 is 15.9 Å². The second kappa shape index (κ2) is 7.93. The summed E-state index contributed by atoms with van der Waals surface area (Å²) in [5.74, 6) is -0.786. The number of ether oxygens (including phenoxy) is 1. The van der Waals surface area contributed by atoms with Crippen molar-refractivity contribution in [2.24, 2.45) is 0 Å². The number of rotatable bonds is 7. The van der Waals surface area contributed by atoms with Gasteiger partial charge in [-0.2, -0.15) is 0 Å². The summed E-state index contributed by atoms with van der Waals surface area (Å²) in [4.78, 5) is 22.9. The van der Waals surface area contributed by atoms with Crippen LogP contribution in [0.3, 0.4) is 0 Å². The maximum absolute atomic E-state index is 11.5. The van der Waals surface area contributed by atoms with Crippen molar-refractivity contribution in [1.82, 2.24) is 10.6 Å². The Hall–Kier alpha value is -1.38. The molecule has 0 bridgehead atoms. The highest BCUT2D eigenvalue weighted by molar-refractivity contribution is 9.10. The molecule has 0 spiro atoms. The second-order valence-electron chi connectivity index (χ2n) is 3.70. The van der Waals surface area contributed by atoms with E-state index < -0.39 is 17.9 Å². The van der Waals surface area contributed by atoms with Gasteiger partial charge in [-0.15, -0.1) is 0 Å². The number of hydrogen-bond donors (Lipinski definition) is 3. The third kappa shape index (κ3) is 5.86. The molecular formula is C11H15BrN2O5. The first kappa shape index (κ1) is 15.7. The molecule has 8 heteroatoms. The minimum atomic E-state index is -0.773. The number of hydrogen-bond acceptors (Lipinski definition) is 5. The Morgan fingerprint density at radius 1 is 1.47 bits per heavy atom. The van der Waals surface area contributed by atoms with E-state index in [2.05, 4.69) is 26.6 Å². The van der Waals surface area contributed by atoms with Crippen molar-refractivity contribution < 1.29 is 23.8 Å². The molecule has 0 radical (unpaired) electrons. The van der Waals surface area contributed by atoms with Crippen LogP contribution in [0.5, 0.6) is 0 Å². The summed E-state index contributed by atoms with van der Waals surface area (Å²) in [6.07, 6.45) is -0.773. The lowest BCUT2D eigenvalue weighted by Crippen LogP contribution is -2.40. The zero-order valence-electron chi connectivity index (χ0n) is 10.3. The summed E-state index contributed by atoms with van der Waals surface area (Å²) in [5, 5.41) is 14.2. The molecule has 0 aliphatic carbocycles. The minimum absolute atomic E-state index is 0.0643. The van der Waals surface area contributed by atoms with Gasteiger partial charge in [0.25, 0.3) is 5.91 Å². The fraction of sp³-hybridized carbons (Fsp3) is 0.455. The van der Waals surface area contributed by atoms with Crippen LogP contribution < -0.4 is 10.6 Å². The highest BCUT2D eigenvalue weighted by Gasteiger charge is 2.12. The highest BCUT2D eigenvalue weighted by Crippen LogP contribution is 2.13. The summed E-state index contributed by atoms with van der Waals surface area (Å²) in [6.45, 7) is -0.00123. The zero-order valence-corrected chi connectivity index (χ0v) is 11.9. The molecule has 7 nitrogen and oxygen atoms in total. The van der Waals surface area contributed by atoms with Crippen LogP contribution in [0.1, 0.15) is 10.6 Å². The molecule has 106 valence electrons. The lowest BCUT2D eigenvalue weighted by molar-refractivity contribution is -0.120. The monoisotopic (exact) mass is 334 g/mol. The molecule has 1 atom stereocenters. The maximum atomic E-state index is 11.5. The summed E-state index contributed by atoms with van der Waals surface area (Å²) >= 11 is 3.07. The molecule has 1 rings (SSSR count). The quantitative estimate of drug-likeness (QED) is 0.646. The van der Waals surface area contributed by atoms with Crippen molar-refractivity contribution in [1.29, 1.82) is 0 Å². The fourth-order valence-electron chi connectivity index (χ4n) is 1.23. The molecule has 0 aliphatic heterocycles. The maximum Gasteiger partial charge on any atom is 0.287 e. The van der Waals surface area contributed by atoms with Crippen LogP contribution in [0.25, 0.3) is 0 Å². The molecule has 19 heavy (non-hydrogen) atoms. The van der Waals surface area contributed by atoms with Crippen LogP contribution in [0.2, 0.25) is 0 Å². The third-order valence-corrected chi connectivity index (χ3v) is 2.53. The zero-order chi connectivity index (χ0) is 14.3. The molecule has 1 aromatic heterocycles. The van der Waals surface area contributed by atoms with E-state index in [1.165, 1.54) is 13.2 Å². The Bertz CT molecular complexity index is 434. The predicted molar refractivity (Wildman–Crippen MR) is 69.6 cm³/mol. The van der Waals surface area contributed by atoms with Crippen molar-refractivity contribution in [3.8, 4) is 0 Å². The third-order valence-electron chi connectivity index (χ3n) is 2.10. The van der Waals surface area contributed by atoms with Crippen LogP contribution in [0.4, 0.5) is 0 Å². The van der Waals surface area contributed by atoms with E-state index in [4.69, 9.17) is 9.15 Å². The number of halogens is 1. The van der Waals surface area contributed by atoms with Gasteiger partial charge in [0.2, 0.25) is 5.91 Å². The van der Waals surface area contributed by atoms with Gasteiger partial charge in [-0.05, 0) is 28.1 Å². The van der Waals surface area contributed by atoms with E-state index in [0.717, 1.165) is 0 Å². The van der Waals surface area contributed by atoms with Gasteiger partial charge in [-0.3, -0.25) is 9.59 Å². The van der Waals surface area contributed by atoms with Crippen LogP contribution in [-0.4, -0.2) is 49.8 Å². The van der Waals surface area contributed by atoms with Gasteiger partial charge in [0.05, 0.1) is 19.3 Å². The standard InChI is InChI=1S/C11H15BrN2O5/c1-18-6-7(15)4-13-10(16)5-14-11(17)8-2-3-9(12)19-8/h2-3,7,15H,4-6H2,1H3,(H,13,16)(H,14,17). The van der Waals surface area contributed by atoms with Gasteiger partial charge in [-0.25, -0.2) is 0 Å². The number of aliphatic hydroxyl groups excluding tert-OH is 1. The molecule has 0 saturated carbocycles. The summed E-state index contributed by atoms with van der Waals surface area (Å²) in [7, 11) is 1.45. The molecule has 1 unspecified atom stereocenters. The fourth-order valence-corrected chi connectivity index (χ4v) is 1.54. The highest BCUT2D eigenvalue weighted by atomic mass is 79.9. The number of carbonyl (C=O) groups excluding carboxylic acids is 2. The Morgan fingerprint density at radius 2 is 2.21 bits per heavy atom. The first-order valence-electron chi connectivity index (χ1n) is 5.50. The molecule has 2 amide bonds. The number of aliphatic hydroxyl groups is 1. The molecular weight excluding hydrogens is 320 g/mol. The first-order valence-corrected chi connectivity index (χ1v) is 6.29. The molecule has 0 aromatic carbocycles. The molecule has 1 aromatic rings. The average Bonchev–Trinajstić information content (AvgIpc) is 2.80. The van der Waals surface area contributed by atoms with E-state index >= 15 is 0 Å². The molecule has 0 aliphatic rings. The molecule has 1 heterocycles. The number of nitrogens with one attached hydrogen (secondary N) is 2. The Kier molecular flexibility index (Phi) is 6.54. The average molecular weight is 335 g/mol. The predicted octanol–water partition coefficient (Wildman–Crippen LogP) is -0.105. The first-order chi connectivity index (χ1) is 9.02. The lowest BCUT2D eigenvalue weighted by Gasteiger charge is -2.10. The van der Waals surface area contributed by atoms with Gasteiger partial charge in [0.15, 0.2) is 10.4 Å². The van der Waals surface area contributed by atoms with Crippen molar-refractivity contribution in [3.05, 3.63) is 22.6 Å². The normalized spacial score (nSPS) is 11.9. The van der Waals surface area contributed by atoms with Gasteiger partial charge in [-0.1, -0.05) is 0 Å². The number of carbonyl (C=O) groups is 2. The summed E-state index contributed by atoms with van der Waals surface area (Å²) < 4.78 is 10.2. The van der Waals surface area contributed by atoms with Crippen molar-refractivity contribution in [3.63, 3.8) is 0 Å². The Balaban J connectivity index is 2.25. The van der Waals surface area contributed by atoms with Gasteiger partial charge >= 0.3 is 0 Å². The van der Waals surface area contributed by atoms with Crippen molar-refractivity contribution >= 4 is 27.7 Å². The van der Waals surface area contributed by atoms with E-state index in [9.17, 15) is 14.7 Å². The van der Waals surface area contributed by atoms with Crippen LogP contribution in [-0.2, 0) is 9.53 Å². The topological polar surface area (TPSA) is 101 Å². The van der Waals surface area contributed by atoms with E-state index in [1.54, 1.807) is 6.07 Å². The van der Waals surface area contributed by atoms with E-state index in [1.807, 2.05) is 0 Å².